The molecule has 0 saturated carbocycles. The van der Waals surface area contributed by atoms with Gasteiger partial charge in [-0.15, -0.1) is 11.8 Å². The minimum atomic E-state index is -0.930. The first-order chi connectivity index (χ1) is 18.5. The summed E-state index contributed by atoms with van der Waals surface area (Å²) in [7, 11) is 0. The number of carbonyl (C=O) groups excluding carboxylic acids is 3. The zero-order chi connectivity index (χ0) is 26.4. The Kier molecular flexibility index (Phi) is 6.56. The van der Waals surface area contributed by atoms with Gasteiger partial charge >= 0.3 is 5.97 Å². The van der Waals surface area contributed by atoms with Crippen LogP contribution >= 0.6 is 11.8 Å². The van der Waals surface area contributed by atoms with E-state index in [9.17, 15) is 19.5 Å². The number of esters is 1. The summed E-state index contributed by atoms with van der Waals surface area (Å²) < 4.78 is 4.69. The van der Waals surface area contributed by atoms with Gasteiger partial charge in [-0.1, -0.05) is 61.6 Å². The minimum absolute atomic E-state index is 0.190. The number of thioether (sulfide) groups is 1. The van der Waals surface area contributed by atoms with Crippen LogP contribution in [0.25, 0.3) is 10.8 Å². The van der Waals surface area contributed by atoms with Crippen molar-refractivity contribution in [1.82, 2.24) is 4.90 Å². The highest BCUT2D eigenvalue weighted by Gasteiger charge is 2.71. The molecule has 4 heterocycles. The summed E-state index contributed by atoms with van der Waals surface area (Å²) in [6.07, 6.45) is 10.1. The van der Waals surface area contributed by atoms with Crippen molar-refractivity contribution in [2.24, 2.45) is 11.8 Å². The average Bonchev–Trinajstić information content (AvgIpc) is 3.34. The highest BCUT2D eigenvalue weighted by molar-refractivity contribution is 8.02. The summed E-state index contributed by atoms with van der Waals surface area (Å²) >= 11 is 1.53. The van der Waals surface area contributed by atoms with Gasteiger partial charge in [-0.05, 0) is 42.2 Å². The van der Waals surface area contributed by atoms with Gasteiger partial charge in [0.1, 0.15) is 6.04 Å². The number of likely N-dealkylation sites (tertiary alicyclic amines) is 1. The van der Waals surface area contributed by atoms with Crippen LogP contribution in [0.4, 0.5) is 5.69 Å². The van der Waals surface area contributed by atoms with Crippen LogP contribution in [0.1, 0.15) is 26.2 Å². The number of hydrogen-bond donors (Lipinski definition) is 1. The molecule has 38 heavy (non-hydrogen) atoms. The maximum atomic E-state index is 14.5. The molecule has 6 rings (SSSR count). The number of rotatable bonds is 4. The molecular weight excluding hydrogens is 500 g/mol. The third-order valence-electron chi connectivity index (χ3n) is 8.41. The highest BCUT2D eigenvalue weighted by Crippen LogP contribution is 2.61. The van der Waals surface area contributed by atoms with Crippen molar-refractivity contribution >= 4 is 46.0 Å². The number of allylic oxidation sites excluding steroid dienone is 1. The first-order valence-corrected chi connectivity index (χ1v) is 14.3. The molecule has 0 radical (unpaired) electrons. The third-order valence-corrected chi connectivity index (χ3v) is 10.2. The first kappa shape index (κ1) is 25.2. The quantitative estimate of drug-likeness (QED) is 0.477. The smallest absolute Gasteiger partial charge is 0.311 e. The highest BCUT2D eigenvalue weighted by atomic mass is 32.2. The van der Waals surface area contributed by atoms with Gasteiger partial charge in [0.25, 0.3) is 5.91 Å². The number of nitrogens with zero attached hydrogens (tertiary/aromatic N) is 2. The van der Waals surface area contributed by atoms with Crippen molar-refractivity contribution in [1.29, 1.82) is 0 Å². The lowest BCUT2D eigenvalue weighted by atomic mass is 9.78. The number of aliphatic hydroxyl groups is 1. The fourth-order valence-electron chi connectivity index (χ4n) is 6.58. The Labute approximate surface area is 226 Å². The molecule has 2 amide bonds. The van der Waals surface area contributed by atoms with Crippen molar-refractivity contribution in [2.45, 2.75) is 48.3 Å². The van der Waals surface area contributed by atoms with Gasteiger partial charge in [-0.25, -0.2) is 0 Å². The number of benzene rings is 2. The number of fused-ring (bicyclic) bond motifs is 3. The zero-order valence-corrected chi connectivity index (χ0v) is 22.2. The lowest BCUT2D eigenvalue weighted by Crippen LogP contribution is -2.56. The second kappa shape index (κ2) is 9.89. The molecule has 2 aromatic rings. The Morgan fingerprint density at radius 1 is 1.11 bits per heavy atom. The molecule has 1 spiro atoms. The number of aliphatic hydroxyl groups excluding tert-OH is 1. The Morgan fingerprint density at radius 2 is 1.92 bits per heavy atom. The van der Waals surface area contributed by atoms with E-state index in [1.807, 2.05) is 67.6 Å². The molecule has 0 bridgehead atoms. The molecule has 6 atom stereocenters. The summed E-state index contributed by atoms with van der Waals surface area (Å²) in [4.78, 5) is 45.4. The second-order valence-electron chi connectivity index (χ2n) is 10.5. The van der Waals surface area contributed by atoms with Crippen molar-refractivity contribution in [2.75, 3.05) is 24.7 Å². The SMILES string of the molecule is CC[C@@H](CO)N1C(=O)[C@@H]2[C@H]3C(=O)OCCC/C=C\[C@H]3S[C@@]23C=CCN(c2ccc4ccccc4c2)C(=O)C13. The molecule has 2 saturated heterocycles. The van der Waals surface area contributed by atoms with Gasteiger partial charge < -0.3 is 19.6 Å². The largest absolute Gasteiger partial charge is 0.465 e. The molecule has 0 aromatic heterocycles. The Balaban J connectivity index is 1.47. The van der Waals surface area contributed by atoms with Crippen LogP contribution in [-0.4, -0.2) is 69.6 Å². The molecule has 8 heteroatoms. The lowest BCUT2D eigenvalue weighted by molar-refractivity contribution is -0.153. The van der Waals surface area contributed by atoms with Crippen LogP contribution in [0.15, 0.2) is 66.8 Å². The molecule has 4 aliphatic rings. The Bertz CT molecular complexity index is 1340. The predicted octanol–water partition coefficient (Wildman–Crippen LogP) is 3.70. The van der Waals surface area contributed by atoms with Crippen molar-refractivity contribution in [3.05, 3.63) is 66.8 Å². The summed E-state index contributed by atoms with van der Waals surface area (Å²) in [6.45, 7) is 2.32. The summed E-state index contributed by atoms with van der Waals surface area (Å²) in [5.41, 5.74) is 0.758. The van der Waals surface area contributed by atoms with Crippen molar-refractivity contribution in [3.8, 4) is 0 Å². The normalized spacial score (nSPS) is 32.5. The molecule has 0 aliphatic carbocycles. The van der Waals surface area contributed by atoms with Crippen molar-refractivity contribution < 1.29 is 24.2 Å². The van der Waals surface area contributed by atoms with Gasteiger partial charge in [0.2, 0.25) is 5.91 Å². The molecule has 2 fully saturated rings. The fraction of sp³-hybridized carbons (Fsp3) is 0.433. The molecular formula is C30H32N2O5S. The average molecular weight is 533 g/mol. The first-order valence-electron chi connectivity index (χ1n) is 13.4. The van der Waals surface area contributed by atoms with E-state index in [1.165, 1.54) is 11.8 Å². The molecule has 1 unspecified atom stereocenters. The summed E-state index contributed by atoms with van der Waals surface area (Å²) in [6, 6.07) is 12.6. The van der Waals surface area contributed by atoms with E-state index in [0.717, 1.165) is 29.3 Å². The molecule has 4 aliphatic heterocycles. The van der Waals surface area contributed by atoms with Gasteiger partial charge in [0.05, 0.1) is 35.8 Å². The third kappa shape index (κ3) is 3.80. The Morgan fingerprint density at radius 3 is 2.71 bits per heavy atom. The van der Waals surface area contributed by atoms with E-state index in [4.69, 9.17) is 4.74 Å². The van der Waals surface area contributed by atoms with E-state index in [1.54, 1.807) is 9.80 Å². The molecule has 198 valence electrons. The van der Waals surface area contributed by atoms with Crippen LogP contribution in [0.3, 0.4) is 0 Å². The number of amides is 2. The number of ether oxygens (including phenoxy) is 1. The standard InChI is InChI=1S/C30H32N2O5S/c1-2-21(18-33)32-26-28(35)31(22-13-12-19-9-5-6-10-20(19)17-22)15-8-14-30(26)25(27(32)34)24-23(38-30)11-4-3-7-16-37-29(24)36/h4-6,8-14,17,21,23-26,33H,2-3,7,15-16,18H2,1H3/b11-4-/t21-,23+,24-,25-,26?,30-/m0/s1. The predicted molar refractivity (Wildman–Crippen MR) is 148 cm³/mol. The van der Waals surface area contributed by atoms with E-state index < -0.39 is 28.7 Å². The zero-order valence-electron chi connectivity index (χ0n) is 21.4. The minimum Gasteiger partial charge on any atom is -0.465 e. The number of anilines is 1. The van der Waals surface area contributed by atoms with Crippen LogP contribution < -0.4 is 4.90 Å². The van der Waals surface area contributed by atoms with E-state index >= 15 is 0 Å². The molecule has 1 N–H and O–H groups in total. The number of cyclic esters (lactones) is 1. The van der Waals surface area contributed by atoms with Gasteiger partial charge in [0.15, 0.2) is 0 Å². The van der Waals surface area contributed by atoms with Crippen LogP contribution in [0.5, 0.6) is 0 Å². The van der Waals surface area contributed by atoms with Gasteiger partial charge in [-0.3, -0.25) is 14.4 Å². The Hall–Kier alpha value is -3.10. The summed E-state index contributed by atoms with van der Waals surface area (Å²) in [5, 5.41) is 12.1. The molecule has 7 nitrogen and oxygen atoms in total. The van der Waals surface area contributed by atoms with Crippen LogP contribution in [0, 0.1) is 11.8 Å². The monoisotopic (exact) mass is 532 g/mol. The van der Waals surface area contributed by atoms with Gasteiger partial charge in [0, 0.05) is 17.5 Å². The van der Waals surface area contributed by atoms with E-state index in [0.29, 0.717) is 19.6 Å². The maximum absolute atomic E-state index is 14.5. The summed E-state index contributed by atoms with van der Waals surface area (Å²) in [5.74, 6) is -2.24. The van der Waals surface area contributed by atoms with E-state index in [-0.39, 0.29) is 29.6 Å². The lowest BCUT2D eigenvalue weighted by Gasteiger charge is -2.38. The van der Waals surface area contributed by atoms with Crippen LogP contribution in [-0.2, 0) is 19.1 Å². The second-order valence-corrected chi connectivity index (χ2v) is 11.9. The van der Waals surface area contributed by atoms with Crippen LogP contribution in [0.2, 0.25) is 0 Å². The maximum Gasteiger partial charge on any atom is 0.311 e. The fourth-order valence-corrected chi connectivity index (χ4v) is 8.56. The number of carbonyl (C=O) groups is 3. The van der Waals surface area contributed by atoms with E-state index in [2.05, 4.69) is 6.08 Å². The topological polar surface area (TPSA) is 87.2 Å². The molecule has 2 aromatic carbocycles. The van der Waals surface area contributed by atoms with Gasteiger partial charge in [-0.2, -0.15) is 0 Å². The van der Waals surface area contributed by atoms with Crippen molar-refractivity contribution in [3.63, 3.8) is 0 Å². The number of hydrogen-bond acceptors (Lipinski definition) is 6.